The summed E-state index contributed by atoms with van der Waals surface area (Å²) in [5.74, 6) is 0.251. The van der Waals surface area contributed by atoms with Gasteiger partial charge < -0.3 is 14.8 Å². The summed E-state index contributed by atoms with van der Waals surface area (Å²) < 4.78 is 11.7. The lowest BCUT2D eigenvalue weighted by atomic mass is 9.93. The first-order valence-electron chi connectivity index (χ1n) is 9.76. The summed E-state index contributed by atoms with van der Waals surface area (Å²) in [5.41, 5.74) is 3.25. The van der Waals surface area contributed by atoms with E-state index in [0.29, 0.717) is 28.3 Å². The fraction of sp³-hybridized carbons (Fsp3) is 0.429. The van der Waals surface area contributed by atoms with E-state index in [2.05, 4.69) is 46.1 Å². The highest BCUT2D eigenvalue weighted by Gasteiger charge is 2.35. The van der Waals surface area contributed by atoms with E-state index in [9.17, 15) is 9.59 Å². The van der Waals surface area contributed by atoms with Crippen LogP contribution < -0.4 is 5.32 Å². The van der Waals surface area contributed by atoms with Gasteiger partial charge in [0.2, 0.25) is 11.1 Å². The van der Waals surface area contributed by atoms with Crippen molar-refractivity contribution in [3.8, 4) is 0 Å². The molecule has 0 amide bonds. The number of thioether (sulfide) groups is 1. The van der Waals surface area contributed by atoms with Crippen LogP contribution in [0.4, 0.5) is 5.95 Å². The van der Waals surface area contributed by atoms with Gasteiger partial charge >= 0.3 is 11.9 Å². The highest BCUT2D eigenvalue weighted by molar-refractivity contribution is 7.99. The Balaban J connectivity index is 2.03. The third kappa shape index (κ3) is 4.51. The Hall–Kier alpha value is -2.81. The van der Waals surface area contributed by atoms with Crippen molar-refractivity contribution in [2.75, 3.05) is 24.8 Å². The fourth-order valence-electron chi connectivity index (χ4n) is 3.22. The van der Waals surface area contributed by atoms with Crippen LogP contribution in [0.15, 0.2) is 40.7 Å². The summed E-state index contributed by atoms with van der Waals surface area (Å²) in [4.78, 5) is 28.7. The summed E-state index contributed by atoms with van der Waals surface area (Å²) in [7, 11) is 1.34. The summed E-state index contributed by atoms with van der Waals surface area (Å²) in [6, 6.07) is 7.64. The van der Waals surface area contributed by atoms with Crippen LogP contribution in [0, 0.1) is 0 Å². The molecular weight excluding hydrogens is 404 g/mol. The Bertz CT molecular complexity index is 966. The molecule has 1 N–H and O–H groups in total. The molecule has 1 aliphatic heterocycles. The Morgan fingerprint density at radius 1 is 1.27 bits per heavy atom. The minimum absolute atomic E-state index is 0.102. The summed E-state index contributed by atoms with van der Waals surface area (Å²) >= 11 is 1.18. The zero-order chi connectivity index (χ0) is 21.8. The second-order valence-corrected chi connectivity index (χ2v) is 8.08. The van der Waals surface area contributed by atoms with E-state index >= 15 is 0 Å². The number of carbonyl (C=O) groups is 2. The number of fused-ring (bicyclic) bond motifs is 1. The lowest BCUT2D eigenvalue weighted by Crippen LogP contribution is -2.29. The predicted molar refractivity (Wildman–Crippen MR) is 114 cm³/mol. The van der Waals surface area contributed by atoms with E-state index in [4.69, 9.17) is 4.74 Å². The zero-order valence-electron chi connectivity index (χ0n) is 17.8. The standard InChI is InChI=1S/C21H26N4O4S/c1-6-29-19(27)17-13(4)22-20-23-21(30-11-16(26)28-5)24-25(20)18(17)15-9-7-14(8-10-15)12(2)3/h7-10,12,18H,6,11H2,1-5H3,(H,22,23,24)/t18-/m1/s1. The molecule has 1 atom stereocenters. The lowest BCUT2D eigenvalue weighted by Gasteiger charge is -2.28. The van der Waals surface area contributed by atoms with Crippen LogP contribution in [0.25, 0.3) is 0 Å². The molecule has 160 valence electrons. The maximum Gasteiger partial charge on any atom is 0.338 e. The monoisotopic (exact) mass is 430 g/mol. The van der Waals surface area contributed by atoms with Crippen molar-refractivity contribution >= 4 is 29.6 Å². The first-order chi connectivity index (χ1) is 14.3. The van der Waals surface area contributed by atoms with Crippen molar-refractivity contribution in [1.29, 1.82) is 0 Å². The smallest absolute Gasteiger partial charge is 0.338 e. The number of rotatable bonds is 7. The summed E-state index contributed by atoms with van der Waals surface area (Å²) in [5, 5.41) is 8.12. The molecule has 1 aromatic heterocycles. The second-order valence-electron chi connectivity index (χ2n) is 7.14. The SMILES string of the molecule is CCOC(=O)C1=C(C)Nc2nc(SCC(=O)OC)nn2[C@@H]1c1ccc(C(C)C)cc1. The van der Waals surface area contributed by atoms with E-state index in [0.717, 1.165) is 5.56 Å². The van der Waals surface area contributed by atoms with Crippen molar-refractivity contribution in [3.63, 3.8) is 0 Å². The van der Waals surface area contributed by atoms with Gasteiger partial charge in [0.25, 0.3) is 0 Å². The number of aromatic nitrogens is 3. The lowest BCUT2D eigenvalue weighted by molar-refractivity contribution is -0.139. The number of hydrogen-bond acceptors (Lipinski definition) is 8. The van der Waals surface area contributed by atoms with Crippen LogP contribution >= 0.6 is 11.8 Å². The van der Waals surface area contributed by atoms with E-state index in [1.807, 2.05) is 19.1 Å². The number of nitrogens with one attached hydrogen (secondary N) is 1. The molecule has 0 saturated carbocycles. The molecule has 0 radical (unpaired) electrons. The van der Waals surface area contributed by atoms with Crippen molar-refractivity contribution in [2.45, 2.75) is 44.8 Å². The molecule has 2 aromatic rings. The summed E-state index contributed by atoms with van der Waals surface area (Å²) in [6.07, 6.45) is 0. The normalized spacial score (nSPS) is 15.6. The van der Waals surface area contributed by atoms with E-state index in [1.165, 1.54) is 24.4 Å². The van der Waals surface area contributed by atoms with Crippen LogP contribution in [-0.4, -0.2) is 46.2 Å². The quantitative estimate of drug-likeness (QED) is 0.527. The van der Waals surface area contributed by atoms with Gasteiger partial charge in [-0.2, -0.15) is 4.98 Å². The van der Waals surface area contributed by atoms with Gasteiger partial charge in [-0.15, -0.1) is 5.10 Å². The Morgan fingerprint density at radius 3 is 2.57 bits per heavy atom. The summed E-state index contributed by atoms with van der Waals surface area (Å²) in [6.45, 7) is 8.14. The van der Waals surface area contributed by atoms with E-state index in [-0.39, 0.29) is 18.3 Å². The third-order valence-corrected chi connectivity index (χ3v) is 5.61. The molecule has 30 heavy (non-hydrogen) atoms. The molecule has 0 saturated heterocycles. The Kier molecular flexibility index (Phi) is 6.81. The zero-order valence-corrected chi connectivity index (χ0v) is 18.6. The molecular formula is C21H26N4O4S. The fourth-order valence-corrected chi connectivity index (χ4v) is 3.88. The first-order valence-corrected chi connectivity index (χ1v) is 10.7. The molecule has 1 aliphatic rings. The van der Waals surface area contributed by atoms with Gasteiger partial charge in [-0.1, -0.05) is 49.9 Å². The maximum atomic E-state index is 12.8. The average molecular weight is 431 g/mol. The van der Waals surface area contributed by atoms with Crippen molar-refractivity contribution in [2.24, 2.45) is 0 Å². The second kappa shape index (κ2) is 9.34. The number of methoxy groups -OCH3 is 1. The minimum atomic E-state index is -0.485. The van der Waals surface area contributed by atoms with Crippen LogP contribution in [0.3, 0.4) is 0 Å². The topological polar surface area (TPSA) is 95.3 Å². The maximum absolute atomic E-state index is 12.8. The first kappa shape index (κ1) is 21.9. The molecule has 0 spiro atoms. The number of anilines is 1. The molecule has 3 rings (SSSR count). The van der Waals surface area contributed by atoms with Crippen LogP contribution in [-0.2, 0) is 19.1 Å². The van der Waals surface area contributed by atoms with E-state index in [1.54, 1.807) is 11.6 Å². The molecule has 9 heteroatoms. The molecule has 0 unspecified atom stereocenters. The van der Waals surface area contributed by atoms with Gasteiger partial charge in [0, 0.05) is 5.70 Å². The van der Waals surface area contributed by atoms with Gasteiger partial charge in [-0.05, 0) is 30.9 Å². The molecule has 1 aromatic carbocycles. The van der Waals surface area contributed by atoms with E-state index < -0.39 is 12.0 Å². The minimum Gasteiger partial charge on any atom is -0.468 e. The number of esters is 2. The molecule has 0 bridgehead atoms. The number of benzene rings is 1. The van der Waals surface area contributed by atoms with Gasteiger partial charge in [0.15, 0.2) is 0 Å². The molecule has 2 heterocycles. The van der Waals surface area contributed by atoms with Gasteiger partial charge in [0.1, 0.15) is 6.04 Å². The average Bonchev–Trinajstić information content (AvgIpc) is 3.13. The number of allylic oxidation sites excluding steroid dienone is 1. The third-order valence-electron chi connectivity index (χ3n) is 4.79. The Labute approximate surface area is 180 Å². The highest BCUT2D eigenvalue weighted by atomic mass is 32.2. The number of nitrogens with zero attached hydrogens (tertiary/aromatic N) is 3. The molecule has 0 aliphatic carbocycles. The predicted octanol–water partition coefficient (Wildman–Crippen LogP) is 3.52. The largest absolute Gasteiger partial charge is 0.468 e. The van der Waals surface area contributed by atoms with Crippen molar-refractivity contribution in [1.82, 2.24) is 14.8 Å². The number of ether oxygens (including phenoxy) is 2. The van der Waals surface area contributed by atoms with Crippen LogP contribution in [0.5, 0.6) is 0 Å². The highest BCUT2D eigenvalue weighted by Crippen LogP contribution is 2.37. The van der Waals surface area contributed by atoms with Gasteiger partial charge in [-0.25, -0.2) is 9.48 Å². The number of carbonyl (C=O) groups excluding carboxylic acids is 2. The molecule has 0 fully saturated rings. The van der Waals surface area contributed by atoms with Crippen molar-refractivity contribution in [3.05, 3.63) is 46.7 Å². The van der Waals surface area contributed by atoms with Gasteiger partial charge in [-0.3, -0.25) is 4.79 Å². The van der Waals surface area contributed by atoms with Crippen LogP contribution in [0.2, 0.25) is 0 Å². The Morgan fingerprint density at radius 2 is 1.97 bits per heavy atom. The number of hydrogen-bond donors (Lipinski definition) is 1. The van der Waals surface area contributed by atoms with Crippen LogP contribution in [0.1, 0.15) is 50.8 Å². The molecule has 8 nitrogen and oxygen atoms in total. The van der Waals surface area contributed by atoms with Crippen molar-refractivity contribution < 1.29 is 19.1 Å². The van der Waals surface area contributed by atoms with Gasteiger partial charge in [0.05, 0.1) is 25.0 Å².